The number of carbonyl (C=O) groups is 1. The second kappa shape index (κ2) is 9.28. The van der Waals surface area contributed by atoms with Crippen molar-refractivity contribution in [2.24, 2.45) is 0 Å². The van der Waals surface area contributed by atoms with E-state index in [0.717, 1.165) is 12.0 Å². The second-order valence-electron chi connectivity index (χ2n) is 6.37. The lowest BCUT2D eigenvalue weighted by atomic mass is 10.1. The van der Waals surface area contributed by atoms with Crippen LogP contribution in [0.4, 0.5) is 0 Å². The van der Waals surface area contributed by atoms with E-state index in [1.807, 2.05) is 12.1 Å². The molecule has 28 heavy (non-hydrogen) atoms. The maximum absolute atomic E-state index is 12.5. The van der Waals surface area contributed by atoms with Gasteiger partial charge in [0.15, 0.2) is 9.84 Å². The van der Waals surface area contributed by atoms with Gasteiger partial charge in [0.2, 0.25) is 0 Å². The van der Waals surface area contributed by atoms with Gasteiger partial charge in [-0.15, -0.1) is 0 Å². The smallest absolute Gasteiger partial charge is 0.338 e. The van der Waals surface area contributed by atoms with Gasteiger partial charge < -0.3 is 4.74 Å². The summed E-state index contributed by atoms with van der Waals surface area (Å²) in [4.78, 5) is 16.5. The molecule has 2 aromatic carbocycles. The third-order valence-electron chi connectivity index (χ3n) is 4.21. The minimum Gasteiger partial charge on any atom is -0.462 e. The lowest BCUT2D eigenvalue weighted by Gasteiger charge is -2.08. The Labute approximate surface area is 164 Å². The minimum atomic E-state index is -3.46. The molecular weight excluding hydrogens is 374 g/mol. The summed E-state index contributed by atoms with van der Waals surface area (Å²) in [5, 5.41) is 0. The number of ether oxygens (including phenoxy) is 1. The molecule has 0 atom stereocenters. The van der Waals surface area contributed by atoms with Crippen molar-refractivity contribution < 1.29 is 17.9 Å². The zero-order chi connectivity index (χ0) is 19.8. The summed E-state index contributed by atoms with van der Waals surface area (Å²) in [6.45, 7) is 0.299. The summed E-state index contributed by atoms with van der Waals surface area (Å²) >= 11 is 0. The van der Waals surface area contributed by atoms with Crippen molar-refractivity contribution >= 4 is 15.8 Å². The predicted octanol–water partition coefficient (Wildman–Crippen LogP) is 3.85. The van der Waals surface area contributed by atoms with Gasteiger partial charge in [0.25, 0.3) is 0 Å². The molecule has 144 valence electrons. The van der Waals surface area contributed by atoms with Crippen LogP contribution in [0.15, 0.2) is 84.0 Å². The van der Waals surface area contributed by atoms with Crippen molar-refractivity contribution in [1.29, 1.82) is 0 Å². The average molecular weight is 395 g/mol. The van der Waals surface area contributed by atoms with E-state index in [1.54, 1.807) is 67.0 Å². The van der Waals surface area contributed by atoms with E-state index in [1.165, 1.54) is 0 Å². The normalized spacial score (nSPS) is 11.1. The number of nitrogens with zero attached hydrogens (tertiary/aromatic N) is 1. The number of esters is 1. The lowest BCUT2D eigenvalue weighted by Crippen LogP contribution is -2.09. The summed E-state index contributed by atoms with van der Waals surface area (Å²) in [5.74, 6) is -0.617. The van der Waals surface area contributed by atoms with Crippen molar-refractivity contribution in [2.75, 3.05) is 6.61 Å². The Morgan fingerprint density at radius 1 is 0.893 bits per heavy atom. The van der Waals surface area contributed by atoms with Crippen LogP contribution in [-0.4, -0.2) is 26.0 Å². The van der Waals surface area contributed by atoms with Gasteiger partial charge in [0, 0.05) is 12.4 Å². The molecule has 0 N–H and O–H groups in total. The highest BCUT2D eigenvalue weighted by atomic mass is 32.2. The fourth-order valence-electron chi connectivity index (χ4n) is 2.79. The molecule has 0 radical (unpaired) electrons. The highest BCUT2D eigenvalue weighted by molar-refractivity contribution is 7.90. The molecule has 0 spiro atoms. The third-order valence-corrected chi connectivity index (χ3v) is 5.92. The fraction of sp³-hybridized carbons (Fsp3) is 0.182. The van der Waals surface area contributed by atoms with Crippen molar-refractivity contribution in [1.82, 2.24) is 4.98 Å². The molecule has 5 nitrogen and oxygen atoms in total. The van der Waals surface area contributed by atoms with Crippen LogP contribution < -0.4 is 0 Å². The maximum atomic E-state index is 12.5. The number of aromatic nitrogens is 1. The number of benzene rings is 2. The summed E-state index contributed by atoms with van der Waals surface area (Å²) in [7, 11) is -3.46. The summed E-state index contributed by atoms with van der Waals surface area (Å²) < 4.78 is 30.3. The molecular formula is C22H21NO4S. The van der Waals surface area contributed by atoms with Gasteiger partial charge in [-0.25, -0.2) is 13.2 Å². The van der Waals surface area contributed by atoms with E-state index in [-0.39, 0.29) is 10.6 Å². The van der Waals surface area contributed by atoms with Crippen LogP contribution in [0.3, 0.4) is 0 Å². The third kappa shape index (κ3) is 5.50. The van der Waals surface area contributed by atoms with Crippen LogP contribution >= 0.6 is 0 Å². The van der Waals surface area contributed by atoms with Gasteiger partial charge in [-0.3, -0.25) is 4.98 Å². The molecule has 0 unspecified atom stereocenters. The standard InChI is InChI=1S/C22H21NO4S/c24-22(27-15-5-7-18-11-13-23-14-12-18)20-8-4-6-19(16-20)17-28(25,26)21-9-2-1-3-10-21/h1-4,6,8-14,16H,5,7,15,17H2. The molecule has 0 aliphatic carbocycles. The molecule has 0 aliphatic heterocycles. The van der Waals surface area contributed by atoms with E-state index in [4.69, 9.17) is 4.74 Å². The highest BCUT2D eigenvalue weighted by Gasteiger charge is 2.16. The monoisotopic (exact) mass is 395 g/mol. The van der Waals surface area contributed by atoms with Crippen molar-refractivity contribution in [3.8, 4) is 0 Å². The Morgan fingerprint density at radius 3 is 2.39 bits per heavy atom. The van der Waals surface area contributed by atoms with Gasteiger partial charge >= 0.3 is 5.97 Å². The quantitative estimate of drug-likeness (QED) is 0.428. The highest BCUT2D eigenvalue weighted by Crippen LogP contribution is 2.17. The zero-order valence-corrected chi connectivity index (χ0v) is 16.1. The SMILES string of the molecule is O=C(OCCCc1ccncc1)c1cccc(CS(=O)(=O)c2ccccc2)c1. The van der Waals surface area contributed by atoms with Crippen LogP contribution in [0.1, 0.15) is 27.9 Å². The van der Waals surface area contributed by atoms with E-state index >= 15 is 0 Å². The molecule has 0 amide bonds. The van der Waals surface area contributed by atoms with E-state index < -0.39 is 15.8 Å². The Bertz CT molecular complexity index is 1020. The molecule has 0 saturated heterocycles. The first-order valence-electron chi connectivity index (χ1n) is 8.97. The van der Waals surface area contributed by atoms with Crippen molar-refractivity contribution in [3.05, 3.63) is 95.8 Å². The van der Waals surface area contributed by atoms with Crippen molar-refractivity contribution in [3.63, 3.8) is 0 Å². The molecule has 1 aromatic heterocycles. The number of hydrogen-bond acceptors (Lipinski definition) is 5. The molecule has 0 saturated carbocycles. The minimum absolute atomic E-state index is 0.166. The van der Waals surface area contributed by atoms with Crippen LogP contribution in [0, 0.1) is 0 Å². The number of carbonyl (C=O) groups excluding carboxylic acids is 1. The van der Waals surface area contributed by atoms with Gasteiger partial charge in [0.05, 0.1) is 22.8 Å². The van der Waals surface area contributed by atoms with Crippen LogP contribution in [0.2, 0.25) is 0 Å². The first-order chi connectivity index (χ1) is 13.5. The first-order valence-corrected chi connectivity index (χ1v) is 10.6. The van der Waals surface area contributed by atoms with Gasteiger partial charge in [0.1, 0.15) is 0 Å². The zero-order valence-electron chi connectivity index (χ0n) is 15.3. The summed E-state index contributed by atoms with van der Waals surface area (Å²) in [6.07, 6.45) is 4.97. The Hall–Kier alpha value is -2.99. The largest absolute Gasteiger partial charge is 0.462 e. The van der Waals surface area contributed by atoms with Gasteiger partial charge in [-0.05, 0) is 60.4 Å². The Balaban J connectivity index is 1.57. The van der Waals surface area contributed by atoms with E-state index in [2.05, 4.69) is 4.98 Å². The number of sulfone groups is 1. The molecule has 1 heterocycles. The molecule has 6 heteroatoms. The topological polar surface area (TPSA) is 73.3 Å². The number of hydrogen-bond donors (Lipinski definition) is 0. The predicted molar refractivity (Wildman–Crippen MR) is 107 cm³/mol. The summed E-state index contributed by atoms with van der Waals surface area (Å²) in [5.41, 5.74) is 2.04. The van der Waals surface area contributed by atoms with Crippen LogP contribution in [0.25, 0.3) is 0 Å². The molecule has 0 aliphatic rings. The Kier molecular flexibility index (Phi) is 6.55. The Morgan fingerprint density at radius 2 is 1.64 bits per heavy atom. The second-order valence-corrected chi connectivity index (χ2v) is 8.36. The van der Waals surface area contributed by atoms with Gasteiger partial charge in [-0.2, -0.15) is 0 Å². The molecule has 0 bridgehead atoms. The maximum Gasteiger partial charge on any atom is 0.338 e. The number of rotatable bonds is 8. The molecule has 3 rings (SSSR count). The van der Waals surface area contributed by atoms with Gasteiger partial charge in [-0.1, -0.05) is 30.3 Å². The van der Waals surface area contributed by atoms with Crippen LogP contribution in [0.5, 0.6) is 0 Å². The summed E-state index contributed by atoms with van der Waals surface area (Å²) in [6, 6.07) is 18.7. The molecule has 0 fully saturated rings. The average Bonchev–Trinajstić information content (AvgIpc) is 2.72. The van der Waals surface area contributed by atoms with E-state index in [9.17, 15) is 13.2 Å². The first kappa shape index (κ1) is 19.8. The van der Waals surface area contributed by atoms with Crippen LogP contribution in [-0.2, 0) is 26.7 Å². The molecule has 3 aromatic rings. The van der Waals surface area contributed by atoms with Crippen molar-refractivity contribution in [2.45, 2.75) is 23.5 Å². The number of aryl methyl sites for hydroxylation is 1. The number of pyridine rings is 1. The lowest BCUT2D eigenvalue weighted by molar-refractivity contribution is 0.0500. The van der Waals surface area contributed by atoms with E-state index in [0.29, 0.717) is 24.2 Å². The fourth-order valence-corrected chi connectivity index (χ4v) is 4.15.